The molecule has 26 heavy (non-hydrogen) atoms. The highest BCUT2D eigenvalue weighted by Crippen LogP contribution is 2.42. The number of hydrogen-bond donors (Lipinski definition) is 1. The smallest absolute Gasteiger partial charge is 0.320 e. The monoisotopic (exact) mass is 405 g/mol. The second kappa shape index (κ2) is 7.20. The normalized spacial score (nSPS) is 19.1. The number of likely N-dealkylation sites (tertiary alicyclic amines) is 1. The van der Waals surface area contributed by atoms with Crippen molar-refractivity contribution in [1.82, 2.24) is 4.90 Å². The van der Waals surface area contributed by atoms with Gasteiger partial charge in [-0.1, -0.05) is 47.5 Å². The molecule has 1 aliphatic heterocycles. The summed E-state index contributed by atoms with van der Waals surface area (Å²) in [4.78, 5) is 13.9. The number of aliphatic carboxylic acids is 1. The molecule has 1 aliphatic rings. The third kappa shape index (κ3) is 3.12. The van der Waals surface area contributed by atoms with E-state index in [2.05, 4.69) is 22.4 Å². The zero-order chi connectivity index (χ0) is 18.3. The first kappa shape index (κ1) is 17.8. The van der Waals surface area contributed by atoms with Crippen LogP contribution in [0.4, 0.5) is 0 Å². The highest BCUT2D eigenvalue weighted by atomic mass is 35.5. The fourth-order valence-electron chi connectivity index (χ4n) is 3.82. The van der Waals surface area contributed by atoms with E-state index in [-0.39, 0.29) is 6.04 Å². The molecule has 0 bridgehead atoms. The Morgan fingerprint density at radius 1 is 1.19 bits per heavy atom. The second-order valence-electron chi connectivity index (χ2n) is 6.49. The quantitative estimate of drug-likeness (QED) is 0.591. The Balaban J connectivity index is 1.91. The molecule has 134 valence electrons. The van der Waals surface area contributed by atoms with Crippen LogP contribution in [-0.4, -0.2) is 28.6 Å². The lowest BCUT2D eigenvalue weighted by Crippen LogP contribution is -2.39. The van der Waals surface area contributed by atoms with Crippen LogP contribution in [0.15, 0.2) is 47.8 Å². The molecule has 2 aromatic carbocycles. The van der Waals surface area contributed by atoms with E-state index < -0.39 is 12.0 Å². The van der Waals surface area contributed by atoms with Gasteiger partial charge in [-0.05, 0) is 52.9 Å². The summed E-state index contributed by atoms with van der Waals surface area (Å²) >= 11 is 14.3. The van der Waals surface area contributed by atoms with Crippen LogP contribution < -0.4 is 0 Å². The first-order valence-electron chi connectivity index (χ1n) is 8.46. The minimum atomic E-state index is -0.780. The van der Waals surface area contributed by atoms with Gasteiger partial charge in [0.25, 0.3) is 0 Å². The molecule has 3 nitrogen and oxygen atoms in total. The van der Waals surface area contributed by atoms with Crippen molar-refractivity contribution in [1.29, 1.82) is 0 Å². The molecule has 4 rings (SSSR count). The first-order chi connectivity index (χ1) is 12.6. The molecule has 3 aromatic rings. The Morgan fingerprint density at radius 3 is 2.77 bits per heavy atom. The molecule has 0 aliphatic carbocycles. The summed E-state index contributed by atoms with van der Waals surface area (Å²) in [5.41, 5.74) is 2.00. The highest BCUT2D eigenvalue weighted by molar-refractivity contribution is 7.17. The number of fused-ring (bicyclic) bond motifs is 1. The molecular weight excluding hydrogens is 389 g/mol. The van der Waals surface area contributed by atoms with Crippen LogP contribution in [0.25, 0.3) is 10.1 Å². The number of hydrogen-bond acceptors (Lipinski definition) is 3. The maximum atomic E-state index is 11.8. The van der Waals surface area contributed by atoms with Gasteiger partial charge >= 0.3 is 5.97 Å². The third-order valence-electron chi connectivity index (χ3n) is 4.97. The highest BCUT2D eigenvalue weighted by Gasteiger charge is 2.38. The summed E-state index contributed by atoms with van der Waals surface area (Å²) in [6.07, 6.45) is 1.51. The molecule has 0 saturated carbocycles. The summed E-state index contributed by atoms with van der Waals surface area (Å²) in [6.45, 7) is 0.727. The molecule has 2 atom stereocenters. The van der Waals surface area contributed by atoms with Crippen molar-refractivity contribution in [2.24, 2.45) is 0 Å². The predicted octanol–water partition coefficient (Wildman–Crippen LogP) is 5.85. The Kier molecular flexibility index (Phi) is 4.93. The van der Waals surface area contributed by atoms with Gasteiger partial charge in [0.15, 0.2) is 0 Å². The lowest BCUT2D eigenvalue weighted by atomic mass is 9.95. The number of carboxylic acid groups (broad SMARTS) is 1. The lowest BCUT2D eigenvalue weighted by Gasteiger charge is -2.32. The SMILES string of the molecule is O=C(O)C1CCCN1C(c1ccc(Cl)cc1Cl)c1csc2ccccc12. The van der Waals surface area contributed by atoms with E-state index in [0.717, 1.165) is 29.5 Å². The van der Waals surface area contributed by atoms with E-state index in [1.165, 1.54) is 4.70 Å². The average Bonchev–Trinajstić information content (AvgIpc) is 3.25. The third-order valence-corrected chi connectivity index (χ3v) is 6.52. The van der Waals surface area contributed by atoms with Gasteiger partial charge in [-0.25, -0.2) is 0 Å². The molecule has 1 fully saturated rings. The topological polar surface area (TPSA) is 40.5 Å². The van der Waals surface area contributed by atoms with Gasteiger partial charge in [0, 0.05) is 21.3 Å². The maximum Gasteiger partial charge on any atom is 0.320 e. The molecule has 2 heterocycles. The fraction of sp³-hybridized carbons (Fsp3) is 0.250. The number of nitrogens with zero attached hydrogens (tertiary/aromatic N) is 1. The zero-order valence-electron chi connectivity index (χ0n) is 13.9. The van der Waals surface area contributed by atoms with Gasteiger partial charge in [0.1, 0.15) is 6.04 Å². The van der Waals surface area contributed by atoms with Crippen LogP contribution in [0, 0.1) is 0 Å². The van der Waals surface area contributed by atoms with Gasteiger partial charge in [0.05, 0.1) is 6.04 Å². The minimum Gasteiger partial charge on any atom is -0.480 e. The Labute approximate surface area is 165 Å². The van der Waals surface area contributed by atoms with Crippen molar-refractivity contribution in [3.8, 4) is 0 Å². The van der Waals surface area contributed by atoms with Crippen molar-refractivity contribution in [2.75, 3.05) is 6.54 Å². The number of carbonyl (C=O) groups is 1. The molecule has 1 saturated heterocycles. The van der Waals surface area contributed by atoms with Crippen LogP contribution in [-0.2, 0) is 4.79 Å². The molecule has 0 radical (unpaired) electrons. The van der Waals surface area contributed by atoms with Gasteiger partial charge in [-0.2, -0.15) is 0 Å². The summed E-state index contributed by atoms with van der Waals surface area (Å²) in [5, 5.41) is 14.1. The van der Waals surface area contributed by atoms with Crippen molar-refractivity contribution in [2.45, 2.75) is 24.9 Å². The van der Waals surface area contributed by atoms with Crippen LogP contribution in [0.1, 0.15) is 30.0 Å². The minimum absolute atomic E-state index is 0.209. The number of halogens is 2. The molecule has 0 spiro atoms. The van der Waals surface area contributed by atoms with Gasteiger partial charge in [0.2, 0.25) is 0 Å². The number of carboxylic acids is 1. The Morgan fingerprint density at radius 2 is 2.00 bits per heavy atom. The van der Waals surface area contributed by atoms with E-state index in [9.17, 15) is 9.90 Å². The van der Waals surface area contributed by atoms with Gasteiger partial charge < -0.3 is 5.11 Å². The molecular formula is C20H17Cl2NO2S. The van der Waals surface area contributed by atoms with Crippen molar-refractivity contribution < 1.29 is 9.90 Å². The average molecular weight is 406 g/mol. The predicted molar refractivity (Wildman–Crippen MR) is 107 cm³/mol. The van der Waals surface area contributed by atoms with E-state index in [1.54, 1.807) is 17.4 Å². The first-order valence-corrected chi connectivity index (χ1v) is 10.1. The summed E-state index contributed by atoms with van der Waals surface area (Å²) < 4.78 is 1.18. The number of benzene rings is 2. The fourth-order valence-corrected chi connectivity index (χ4v) is 5.31. The molecule has 0 amide bonds. The Bertz CT molecular complexity index is 971. The molecule has 1 N–H and O–H groups in total. The van der Waals surface area contributed by atoms with Crippen LogP contribution in [0.5, 0.6) is 0 Å². The van der Waals surface area contributed by atoms with Crippen molar-refractivity contribution in [3.63, 3.8) is 0 Å². The molecule has 1 aromatic heterocycles. The number of thiophene rings is 1. The van der Waals surface area contributed by atoms with Gasteiger partial charge in [-0.3, -0.25) is 9.69 Å². The summed E-state index contributed by atoms with van der Waals surface area (Å²) in [5.74, 6) is -0.780. The van der Waals surface area contributed by atoms with E-state index in [4.69, 9.17) is 23.2 Å². The largest absolute Gasteiger partial charge is 0.480 e. The standard InChI is InChI=1S/C20H17Cl2NO2S/c21-12-7-8-14(16(22)10-12)19(23-9-3-5-17(23)20(24)25)15-11-26-18-6-2-1-4-13(15)18/h1-2,4,6-8,10-11,17,19H,3,5,9H2,(H,24,25). The Hall–Kier alpha value is -1.59. The molecule has 6 heteroatoms. The number of rotatable bonds is 4. The lowest BCUT2D eigenvalue weighted by molar-refractivity contribution is -0.142. The van der Waals surface area contributed by atoms with Crippen LogP contribution >= 0.6 is 34.5 Å². The second-order valence-corrected chi connectivity index (χ2v) is 8.24. The van der Waals surface area contributed by atoms with Crippen molar-refractivity contribution in [3.05, 3.63) is 69.0 Å². The van der Waals surface area contributed by atoms with Gasteiger partial charge in [-0.15, -0.1) is 11.3 Å². The summed E-state index contributed by atoms with van der Waals surface area (Å²) in [6, 6.07) is 12.9. The summed E-state index contributed by atoms with van der Waals surface area (Å²) in [7, 11) is 0. The van der Waals surface area contributed by atoms with E-state index in [0.29, 0.717) is 16.5 Å². The van der Waals surface area contributed by atoms with Crippen LogP contribution in [0.3, 0.4) is 0 Å². The van der Waals surface area contributed by atoms with Crippen molar-refractivity contribution >= 4 is 50.6 Å². The maximum absolute atomic E-state index is 11.8. The van der Waals surface area contributed by atoms with Crippen LogP contribution in [0.2, 0.25) is 10.0 Å². The zero-order valence-corrected chi connectivity index (χ0v) is 16.2. The molecule has 2 unspecified atom stereocenters. The van der Waals surface area contributed by atoms with E-state index in [1.807, 2.05) is 24.3 Å². The van der Waals surface area contributed by atoms with E-state index >= 15 is 0 Å².